The lowest BCUT2D eigenvalue weighted by Crippen LogP contribution is -2.43. The van der Waals surface area contributed by atoms with Gasteiger partial charge in [0.05, 0.1) is 5.92 Å². The first kappa shape index (κ1) is 20.7. The number of nitrogens with one attached hydrogen (secondary N) is 2. The van der Waals surface area contributed by atoms with Crippen molar-refractivity contribution in [1.29, 1.82) is 0 Å². The summed E-state index contributed by atoms with van der Waals surface area (Å²) in [5.41, 5.74) is 1.30. The number of carbonyl (C=O) groups excluding carboxylic acids is 3. The quantitative estimate of drug-likeness (QED) is 0.728. The van der Waals surface area contributed by atoms with E-state index in [-0.39, 0.29) is 18.6 Å². The summed E-state index contributed by atoms with van der Waals surface area (Å²) in [6, 6.07) is 15.7. The Balaban J connectivity index is 1.38. The van der Waals surface area contributed by atoms with Gasteiger partial charge in [0.1, 0.15) is 0 Å². The number of likely N-dealkylation sites (tertiary alicyclic amines) is 1. The maximum atomic E-state index is 12.3. The molecule has 3 rings (SSSR count). The predicted molar refractivity (Wildman–Crippen MR) is 111 cm³/mol. The van der Waals surface area contributed by atoms with Crippen LogP contribution in [0.5, 0.6) is 0 Å². The standard InChI is InChI=1S/C21H22ClN3O4/c22-16-6-8-18(9-7-16)23-19(26)14-29-20(27)15-10-12-25(13-11-15)21(28)24-17-4-2-1-3-5-17/h1-9,15H,10-14H2,(H,23,26)(H,24,28). The molecule has 0 saturated carbocycles. The van der Waals surface area contributed by atoms with Crippen molar-refractivity contribution in [2.24, 2.45) is 5.92 Å². The number of anilines is 2. The van der Waals surface area contributed by atoms with Gasteiger partial charge in [-0.1, -0.05) is 29.8 Å². The number of amides is 3. The van der Waals surface area contributed by atoms with Crippen molar-refractivity contribution in [2.45, 2.75) is 12.8 Å². The van der Waals surface area contributed by atoms with Crippen molar-refractivity contribution >= 4 is 40.9 Å². The Bertz CT molecular complexity index is 850. The minimum absolute atomic E-state index is 0.189. The first-order valence-corrected chi connectivity index (χ1v) is 9.72. The Morgan fingerprint density at radius 3 is 2.21 bits per heavy atom. The number of ether oxygens (including phenoxy) is 1. The van der Waals surface area contributed by atoms with Gasteiger partial charge in [-0.2, -0.15) is 0 Å². The average Bonchev–Trinajstić information content (AvgIpc) is 2.74. The van der Waals surface area contributed by atoms with Gasteiger partial charge in [0.15, 0.2) is 6.61 Å². The van der Waals surface area contributed by atoms with Crippen LogP contribution in [0.25, 0.3) is 0 Å². The summed E-state index contributed by atoms with van der Waals surface area (Å²) in [4.78, 5) is 38.1. The highest BCUT2D eigenvalue weighted by atomic mass is 35.5. The highest BCUT2D eigenvalue weighted by molar-refractivity contribution is 6.30. The van der Waals surface area contributed by atoms with Crippen LogP contribution in [-0.2, 0) is 14.3 Å². The van der Waals surface area contributed by atoms with Crippen molar-refractivity contribution in [1.82, 2.24) is 4.90 Å². The first-order chi connectivity index (χ1) is 14.0. The van der Waals surface area contributed by atoms with E-state index in [9.17, 15) is 14.4 Å². The summed E-state index contributed by atoms with van der Waals surface area (Å²) in [5.74, 6) is -1.15. The van der Waals surface area contributed by atoms with Crippen molar-refractivity contribution in [3.8, 4) is 0 Å². The van der Waals surface area contributed by atoms with Crippen molar-refractivity contribution in [3.05, 3.63) is 59.6 Å². The maximum absolute atomic E-state index is 12.3. The second kappa shape index (κ2) is 9.93. The molecule has 1 aliphatic rings. The third-order valence-corrected chi connectivity index (χ3v) is 4.87. The molecule has 0 aromatic heterocycles. The molecule has 2 aromatic carbocycles. The molecule has 0 unspecified atom stereocenters. The van der Waals surface area contributed by atoms with Crippen LogP contribution in [0.4, 0.5) is 16.2 Å². The Labute approximate surface area is 174 Å². The minimum Gasteiger partial charge on any atom is -0.455 e. The number of rotatable bonds is 5. The van der Waals surface area contributed by atoms with Gasteiger partial charge >= 0.3 is 12.0 Å². The molecule has 1 heterocycles. The number of para-hydroxylation sites is 1. The van der Waals surface area contributed by atoms with Crippen LogP contribution in [0.1, 0.15) is 12.8 Å². The number of piperidine rings is 1. The monoisotopic (exact) mass is 415 g/mol. The summed E-state index contributed by atoms with van der Waals surface area (Å²) in [6.07, 6.45) is 1.000. The SMILES string of the molecule is O=C(COC(=O)C1CCN(C(=O)Nc2ccccc2)CC1)Nc1ccc(Cl)cc1. The van der Waals surface area contributed by atoms with E-state index in [1.165, 1.54) is 0 Å². The van der Waals surface area contributed by atoms with Gasteiger partial charge < -0.3 is 20.3 Å². The van der Waals surface area contributed by atoms with Gasteiger partial charge in [-0.3, -0.25) is 9.59 Å². The van der Waals surface area contributed by atoms with E-state index in [4.69, 9.17) is 16.3 Å². The second-order valence-electron chi connectivity index (χ2n) is 6.72. The van der Waals surface area contributed by atoms with E-state index >= 15 is 0 Å². The molecule has 29 heavy (non-hydrogen) atoms. The Morgan fingerprint density at radius 2 is 1.55 bits per heavy atom. The number of benzene rings is 2. The number of urea groups is 1. The van der Waals surface area contributed by atoms with Crippen LogP contribution in [0.2, 0.25) is 5.02 Å². The van der Waals surface area contributed by atoms with Gasteiger partial charge in [-0.25, -0.2) is 4.79 Å². The van der Waals surface area contributed by atoms with E-state index in [0.29, 0.717) is 36.6 Å². The van der Waals surface area contributed by atoms with E-state index in [2.05, 4.69) is 10.6 Å². The fourth-order valence-electron chi connectivity index (χ4n) is 3.03. The van der Waals surface area contributed by atoms with E-state index < -0.39 is 11.9 Å². The molecular weight excluding hydrogens is 394 g/mol. The zero-order valence-electron chi connectivity index (χ0n) is 15.8. The molecule has 1 aliphatic heterocycles. The van der Waals surface area contributed by atoms with Gasteiger partial charge in [-0.15, -0.1) is 0 Å². The zero-order chi connectivity index (χ0) is 20.6. The average molecular weight is 416 g/mol. The van der Waals surface area contributed by atoms with Crippen molar-refractivity contribution in [3.63, 3.8) is 0 Å². The number of hydrogen-bond acceptors (Lipinski definition) is 4. The Morgan fingerprint density at radius 1 is 0.931 bits per heavy atom. The predicted octanol–water partition coefficient (Wildman–Crippen LogP) is 3.77. The van der Waals surface area contributed by atoms with Crippen LogP contribution >= 0.6 is 11.6 Å². The smallest absolute Gasteiger partial charge is 0.321 e. The lowest BCUT2D eigenvalue weighted by Gasteiger charge is -2.30. The number of esters is 1. The van der Waals surface area contributed by atoms with E-state index in [1.54, 1.807) is 29.2 Å². The summed E-state index contributed by atoms with van der Waals surface area (Å²) >= 11 is 5.80. The molecule has 1 saturated heterocycles. The number of halogens is 1. The lowest BCUT2D eigenvalue weighted by molar-refractivity contribution is -0.152. The number of hydrogen-bond donors (Lipinski definition) is 2. The zero-order valence-corrected chi connectivity index (χ0v) is 16.5. The largest absolute Gasteiger partial charge is 0.455 e. The van der Waals surface area contributed by atoms with Crippen molar-refractivity contribution < 1.29 is 19.1 Å². The van der Waals surface area contributed by atoms with Crippen LogP contribution in [0.15, 0.2) is 54.6 Å². The number of carbonyl (C=O) groups is 3. The van der Waals surface area contributed by atoms with Gasteiger partial charge in [0, 0.05) is 29.5 Å². The molecule has 7 nitrogen and oxygen atoms in total. The normalized spacial score (nSPS) is 14.2. The lowest BCUT2D eigenvalue weighted by atomic mass is 9.97. The molecule has 152 valence electrons. The van der Waals surface area contributed by atoms with Gasteiger partial charge in [0.25, 0.3) is 5.91 Å². The number of nitrogens with zero attached hydrogens (tertiary/aromatic N) is 1. The molecule has 2 aromatic rings. The highest BCUT2D eigenvalue weighted by Crippen LogP contribution is 2.20. The molecular formula is C21H22ClN3O4. The third-order valence-electron chi connectivity index (χ3n) is 4.61. The first-order valence-electron chi connectivity index (χ1n) is 9.34. The minimum atomic E-state index is -0.417. The van der Waals surface area contributed by atoms with Crippen LogP contribution < -0.4 is 10.6 Å². The summed E-state index contributed by atoms with van der Waals surface area (Å²) in [6.45, 7) is 0.557. The fraction of sp³-hybridized carbons (Fsp3) is 0.286. The fourth-order valence-corrected chi connectivity index (χ4v) is 3.15. The molecule has 0 radical (unpaired) electrons. The summed E-state index contributed by atoms with van der Waals surface area (Å²) in [5, 5.41) is 6.04. The molecule has 2 N–H and O–H groups in total. The van der Waals surface area contributed by atoms with Crippen LogP contribution in [-0.4, -0.2) is 42.5 Å². The molecule has 0 spiro atoms. The molecule has 1 fully saturated rings. The topological polar surface area (TPSA) is 87.7 Å². The molecule has 3 amide bonds. The second-order valence-corrected chi connectivity index (χ2v) is 7.16. The molecule has 8 heteroatoms. The van der Waals surface area contributed by atoms with Crippen LogP contribution in [0.3, 0.4) is 0 Å². The van der Waals surface area contributed by atoms with Crippen molar-refractivity contribution in [2.75, 3.05) is 30.3 Å². The highest BCUT2D eigenvalue weighted by Gasteiger charge is 2.28. The van der Waals surface area contributed by atoms with E-state index in [0.717, 1.165) is 5.69 Å². The maximum Gasteiger partial charge on any atom is 0.321 e. The van der Waals surface area contributed by atoms with E-state index in [1.807, 2.05) is 30.3 Å². The van der Waals surface area contributed by atoms with Gasteiger partial charge in [0.2, 0.25) is 0 Å². The Hall–Kier alpha value is -3.06. The van der Waals surface area contributed by atoms with Crippen LogP contribution in [0, 0.1) is 5.92 Å². The Kier molecular flexibility index (Phi) is 7.08. The summed E-state index contributed by atoms with van der Waals surface area (Å²) < 4.78 is 5.13. The molecule has 0 bridgehead atoms. The summed E-state index contributed by atoms with van der Waals surface area (Å²) in [7, 11) is 0. The third kappa shape index (κ3) is 6.22. The molecule has 0 atom stereocenters. The molecule has 0 aliphatic carbocycles. The van der Waals surface area contributed by atoms with Gasteiger partial charge in [-0.05, 0) is 49.2 Å².